The van der Waals surface area contributed by atoms with Crippen molar-refractivity contribution in [2.45, 2.75) is 38.2 Å². The second-order valence-electron chi connectivity index (χ2n) is 5.82. The molecular formula is C17H17BrO2S. The van der Waals surface area contributed by atoms with Crippen molar-refractivity contribution in [2.24, 2.45) is 0 Å². The second-order valence-corrected chi connectivity index (χ2v) is 7.91. The van der Waals surface area contributed by atoms with E-state index in [0.29, 0.717) is 6.42 Å². The number of halogens is 1. The lowest BCUT2D eigenvalue weighted by atomic mass is 10.0. The van der Waals surface area contributed by atoms with E-state index in [1.165, 1.54) is 35.3 Å². The number of fused-ring (bicyclic) bond motifs is 2. The second kappa shape index (κ2) is 5.41. The molecule has 1 N–H and O–H groups in total. The van der Waals surface area contributed by atoms with E-state index in [-0.39, 0.29) is 0 Å². The fraction of sp³-hybridized carbons (Fsp3) is 0.412. The first-order valence-corrected chi connectivity index (χ1v) is 9.05. The number of aliphatic hydroxyl groups excluding tert-OH is 1. The largest absolute Gasteiger partial charge is 0.493 e. The van der Waals surface area contributed by atoms with Crippen molar-refractivity contribution in [3.05, 3.63) is 49.1 Å². The van der Waals surface area contributed by atoms with Gasteiger partial charge in [-0.3, -0.25) is 0 Å². The molecule has 2 aliphatic rings. The van der Waals surface area contributed by atoms with Crippen molar-refractivity contribution in [2.75, 3.05) is 6.61 Å². The van der Waals surface area contributed by atoms with Gasteiger partial charge in [0.15, 0.2) is 0 Å². The third-order valence-corrected chi connectivity index (χ3v) is 6.13. The molecule has 0 saturated heterocycles. The van der Waals surface area contributed by atoms with Crippen LogP contribution >= 0.6 is 27.3 Å². The molecule has 4 rings (SSSR count). The van der Waals surface area contributed by atoms with Crippen LogP contribution < -0.4 is 4.74 Å². The summed E-state index contributed by atoms with van der Waals surface area (Å²) in [6.45, 7) is 0.752. The summed E-state index contributed by atoms with van der Waals surface area (Å²) in [6.07, 6.45) is 4.79. The molecule has 1 aromatic carbocycles. The molecule has 2 nitrogen and oxygen atoms in total. The van der Waals surface area contributed by atoms with E-state index in [9.17, 15) is 5.11 Å². The zero-order chi connectivity index (χ0) is 14.4. The fourth-order valence-electron chi connectivity index (χ4n) is 3.32. The first-order chi connectivity index (χ1) is 10.2. The summed E-state index contributed by atoms with van der Waals surface area (Å²) in [5.74, 6) is 0.987. The molecule has 1 aliphatic carbocycles. The van der Waals surface area contributed by atoms with Gasteiger partial charge in [0.05, 0.1) is 12.7 Å². The highest BCUT2D eigenvalue weighted by Gasteiger charge is 2.23. The van der Waals surface area contributed by atoms with Gasteiger partial charge in [-0.1, -0.05) is 15.9 Å². The number of thiophene rings is 1. The molecule has 1 atom stereocenters. The number of aliphatic hydroxyl groups is 1. The lowest BCUT2D eigenvalue weighted by Crippen LogP contribution is -2.02. The van der Waals surface area contributed by atoms with Crippen molar-refractivity contribution in [1.29, 1.82) is 0 Å². The Balaban J connectivity index is 1.60. The van der Waals surface area contributed by atoms with E-state index >= 15 is 0 Å². The highest BCUT2D eigenvalue weighted by molar-refractivity contribution is 9.10. The van der Waals surface area contributed by atoms with E-state index in [2.05, 4.69) is 34.1 Å². The summed E-state index contributed by atoms with van der Waals surface area (Å²) >= 11 is 5.35. The maximum absolute atomic E-state index is 10.6. The van der Waals surface area contributed by atoms with Crippen LogP contribution in [-0.4, -0.2) is 11.7 Å². The molecular weight excluding hydrogens is 348 g/mol. The zero-order valence-electron chi connectivity index (χ0n) is 11.7. The topological polar surface area (TPSA) is 29.5 Å². The lowest BCUT2D eigenvalue weighted by Gasteiger charge is -2.13. The minimum atomic E-state index is -0.428. The Labute approximate surface area is 136 Å². The molecule has 4 heteroatoms. The number of aryl methyl sites for hydroxylation is 2. The third-order valence-electron chi connectivity index (χ3n) is 4.33. The fourth-order valence-corrected chi connectivity index (χ4v) is 5.12. The SMILES string of the molecule is OC(Cc1cc(Br)cc2c1OCC2)c1cc2c(s1)CCC2. The Bertz CT molecular complexity index is 671. The van der Waals surface area contributed by atoms with Crippen LogP contribution in [0, 0.1) is 0 Å². The Morgan fingerprint density at radius 2 is 2.10 bits per heavy atom. The van der Waals surface area contributed by atoms with Crippen molar-refractivity contribution in [3.8, 4) is 5.75 Å². The summed E-state index contributed by atoms with van der Waals surface area (Å²) in [7, 11) is 0. The molecule has 1 unspecified atom stereocenters. The minimum Gasteiger partial charge on any atom is -0.493 e. The van der Waals surface area contributed by atoms with Crippen LogP contribution in [0.15, 0.2) is 22.7 Å². The molecule has 1 aromatic heterocycles. The van der Waals surface area contributed by atoms with Crippen LogP contribution in [0.1, 0.15) is 39.0 Å². The monoisotopic (exact) mass is 364 g/mol. The van der Waals surface area contributed by atoms with Gasteiger partial charge in [-0.05, 0) is 54.2 Å². The number of rotatable bonds is 3. The van der Waals surface area contributed by atoms with Gasteiger partial charge in [0.1, 0.15) is 5.75 Å². The lowest BCUT2D eigenvalue weighted by molar-refractivity contribution is 0.181. The van der Waals surface area contributed by atoms with Crippen LogP contribution in [0.25, 0.3) is 0 Å². The van der Waals surface area contributed by atoms with Gasteiger partial charge in [0.2, 0.25) is 0 Å². The highest BCUT2D eigenvalue weighted by Crippen LogP contribution is 2.38. The van der Waals surface area contributed by atoms with Gasteiger partial charge in [0.25, 0.3) is 0 Å². The standard InChI is InChI=1S/C17H17BrO2S/c18-13-6-11-4-5-20-17(11)12(7-13)8-14(19)16-9-10-2-1-3-15(10)21-16/h6-7,9,14,19H,1-5,8H2. The van der Waals surface area contributed by atoms with Gasteiger partial charge in [-0.2, -0.15) is 0 Å². The van der Waals surface area contributed by atoms with E-state index in [1.54, 1.807) is 11.3 Å². The number of hydrogen-bond donors (Lipinski definition) is 1. The van der Waals surface area contributed by atoms with Crippen molar-refractivity contribution in [3.63, 3.8) is 0 Å². The number of ether oxygens (including phenoxy) is 1. The summed E-state index contributed by atoms with van der Waals surface area (Å²) in [6, 6.07) is 6.41. The molecule has 2 heterocycles. The Morgan fingerprint density at radius 1 is 1.19 bits per heavy atom. The van der Waals surface area contributed by atoms with Crippen molar-refractivity contribution < 1.29 is 9.84 Å². The van der Waals surface area contributed by atoms with Crippen molar-refractivity contribution in [1.82, 2.24) is 0 Å². The normalized spacial score (nSPS) is 17.4. The van der Waals surface area contributed by atoms with Gasteiger partial charge < -0.3 is 9.84 Å². The molecule has 2 aromatic rings. The maximum Gasteiger partial charge on any atom is 0.125 e. The molecule has 110 valence electrons. The number of benzene rings is 1. The van der Waals surface area contributed by atoms with Gasteiger partial charge in [-0.15, -0.1) is 11.3 Å². The van der Waals surface area contributed by atoms with Crippen LogP contribution in [0.5, 0.6) is 5.75 Å². The quantitative estimate of drug-likeness (QED) is 0.883. The first kappa shape index (κ1) is 13.8. The summed E-state index contributed by atoms with van der Waals surface area (Å²) in [5.41, 5.74) is 3.81. The molecule has 0 spiro atoms. The molecule has 1 aliphatic heterocycles. The summed E-state index contributed by atoms with van der Waals surface area (Å²) in [5, 5.41) is 10.6. The van der Waals surface area contributed by atoms with Crippen LogP contribution in [0.4, 0.5) is 0 Å². The average Bonchev–Trinajstić information content (AvgIpc) is 3.12. The average molecular weight is 365 g/mol. The zero-order valence-corrected chi connectivity index (χ0v) is 14.1. The van der Waals surface area contributed by atoms with Crippen LogP contribution in [0.2, 0.25) is 0 Å². The first-order valence-electron chi connectivity index (χ1n) is 7.44. The smallest absolute Gasteiger partial charge is 0.125 e. The summed E-state index contributed by atoms with van der Waals surface area (Å²) < 4.78 is 6.83. The number of hydrogen-bond acceptors (Lipinski definition) is 3. The molecule has 0 amide bonds. The van der Waals surface area contributed by atoms with Gasteiger partial charge in [0, 0.05) is 27.1 Å². The molecule has 0 saturated carbocycles. The highest BCUT2D eigenvalue weighted by atomic mass is 79.9. The Kier molecular flexibility index (Phi) is 3.56. The predicted molar refractivity (Wildman–Crippen MR) is 88.3 cm³/mol. The van der Waals surface area contributed by atoms with Crippen LogP contribution in [0.3, 0.4) is 0 Å². The van der Waals surface area contributed by atoms with Crippen molar-refractivity contribution >= 4 is 27.3 Å². The molecule has 21 heavy (non-hydrogen) atoms. The minimum absolute atomic E-state index is 0.428. The Morgan fingerprint density at radius 3 is 2.95 bits per heavy atom. The Hall–Kier alpha value is -0.840. The molecule has 0 radical (unpaired) electrons. The van der Waals surface area contributed by atoms with Gasteiger partial charge >= 0.3 is 0 Å². The molecule has 0 bridgehead atoms. The van der Waals surface area contributed by atoms with E-state index in [4.69, 9.17) is 4.74 Å². The maximum atomic E-state index is 10.6. The summed E-state index contributed by atoms with van der Waals surface area (Å²) in [4.78, 5) is 2.58. The van der Waals surface area contributed by atoms with Gasteiger partial charge in [-0.25, -0.2) is 0 Å². The van der Waals surface area contributed by atoms with E-state index < -0.39 is 6.10 Å². The predicted octanol–water partition coefficient (Wildman–Crippen LogP) is 4.21. The molecule has 0 fully saturated rings. The van der Waals surface area contributed by atoms with Crippen LogP contribution in [-0.2, 0) is 25.7 Å². The third kappa shape index (κ3) is 2.54. The van der Waals surface area contributed by atoms with E-state index in [1.807, 2.05) is 0 Å². The van der Waals surface area contributed by atoms with E-state index in [0.717, 1.165) is 33.7 Å².